The zero-order valence-corrected chi connectivity index (χ0v) is 10.3. The molecule has 0 aliphatic rings. The van der Waals surface area contributed by atoms with Gasteiger partial charge < -0.3 is 5.11 Å². The lowest BCUT2D eigenvalue weighted by molar-refractivity contribution is 0.197. The first-order chi connectivity index (χ1) is 7.74. The molecule has 0 amide bonds. The van der Waals surface area contributed by atoms with Gasteiger partial charge in [0.1, 0.15) is 0 Å². The molecule has 0 spiro atoms. The molecule has 0 radical (unpaired) electrons. The molecule has 16 heavy (non-hydrogen) atoms. The molecule has 0 bridgehead atoms. The minimum absolute atomic E-state index is 0.285. The quantitative estimate of drug-likeness (QED) is 0.715. The Labute approximate surface area is 98.8 Å². The molecule has 1 N–H and O–H groups in total. The molecular formula is C15H22O. The van der Waals surface area contributed by atoms with Gasteiger partial charge in [0.05, 0.1) is 6.10 Å². The first kappa shape index (κ1) is 13.0. The van der Waals surface area contributed by atoms with Crippen molar-refractivity contribution in [3.63, 3.8) is 0 Å². The summed E-state index contributed by atoms with van der Waals surface area (Å²) in [6, 6.07) is 10.2. The first-order valence-corrected chi connectivity index (χ1v) is 6.15. The summed E-state index contributed by atoms with van der Waals surface area (Å²) in [6.45, 7) is 4.18. The Kier molecular flexibility index (Phi) is 5.87. The Morgan fingerprint density at radius 3 is 2.56 bits per heavy atom. The van der Waals surface area contributed by atoms with Crippen molar-refractivity contribution in [2.75, 3.05) is 0 Å². The van der Waals surface area contributed by atoms with E-state index in [0.717, 1.165) is 24.0 Å². The Bertz CT molecular complexity index is 313. The van der Waals surface area contributed by atoms with E-state index in [-0.39, 0.29) is 6.10 Å². The third-order valence-corrected chi connectivity index (χ3v) is 2.80. The van der Waals surface area contributed by atoms with Crippen molar-refractivity contribution in [2.24, 2.45) is 0 Å². The highest BCUT2D eigenvalue weighted by Crippen LogP contribution is 2.14. The average molecular weight is 218 g/mol. The van der Waals surface area contributed by atoms with Crippen LogP contribution in [-0.2, 0) is 0 Å². The van der Waals surface area contributed by atoms with Crippen molar-refractivity contribution >= 4 is 6.08 Å². The third-order valence-electron chi connectivity index (χ3n) is 2.80. The summed E-state index contributed by atoms with van der Waals surface area (Å²) in [5, 5.41) is 9.94. The molecule has 1 aromatic rings. The van der Waals surface area contributed by atoms with Gasteiger partial charge in [-0.15, -0.1) is 0 Å². The van der Waals surface area contributed by atoms with Crippen LogP contribution in [0.15, 0.2) is 35.9 Å². The summed E-state index contributed by atoms with van der Waals surface area (Å²) in [4.78, 5) is 0. The minimum atomic E-state index is -0.285. The van der Waals surface area contributed by atoms with Crippen molar-refractivity contribution in [2.45, 2.75) is 45.6 Å². The van der Waals surface area contributed by atoms with Crippen LogP contribution >= 0.6 is 0 Å². The Morgan fingerprint density at radius 1 is 1.25 bits per heavy atom. The van der Waals surface area contributed by atoms with Crippen molar-refractivity contribution in [1.29, 1.82) is 0 Å². The molecule has 0 aliphatic carbocycles. The van der Waals surface area contributed by atoms with Gasteiger partial charge >= 0.3 is 0 Å². The summed E-state index contributed by atoms with van der Waals surface area (Å²) < 4.78 is 0. The lowest BCUT2D eigenvalue weighted by Crippen LogP contribution is -2.07. The molecule has 1 atom stereocenters. The summed E-state index contributed by atoms with van der Waals surface area (Å²) in [7, 11) is 0. The molecule has 88 valence electrons. The zero-order valence-electron chi connectivity index (χ0n) is 10.3. The van der Waals surface area contributed by atoms with Gasteiger partial charge in [0.2, 0.25) is 0 Å². The van der Waals surface area contributed by atoms with E-state index in [0.29, 0.717) is 0 Å². The molecule has 1 aromatic carbocycles. The molecule has 0 saturated heterocycles. The Hall–Kier alpha value is -1.08. The van der Waals surface area contributed by atoms with Gasteiger partial charge in [-0.1, -0.05) is 62.6 Å². The average Bonchev–Trinajstić information content (AvgIpc) is 2.30. The van der Waals surface area contributed by atoms with E-state index in [1.165, 1.54) is 12.8 Å². The maximum Gasteiger partial charge on any atom is 0.0750 e. The lowest BCUT2D eigenvalue weighted by atomic mass is 10.0. The predicted molar refractivity (Wildman–Crippen MR) is 70.2 cm³/mol. The second kappa shape index (κ2) is 7.24. The largest absolute Gasteiger partial charge is 0.389 e. The zero-order chi connectivity index (χ0) is 11.8. The number of hydrogen-bond donors (Lipinski definition) is 1. The molecule has 0 aromatic heterocycles. The maximum atomic E-state index is 9.94. The van der Waals surface area contributed by atoms with E-state index < -0.39 is 0 Å². The Morgan fingerprint density at radius 2 is 1.94 bits per heavy atom. The van der Waals surface area contributed by atoms with E-state index in [2.05, 4.69) is 25.1 Å². The standard InChI is InChI=1S/C15H22O/c1-3-4-6-11-15(16)13(2)12-14-9-7-5-8-10-14/h5,7-10,12,15-16H,3-4,6,11H2,1-2H3/b13-12+. The third kappa shape index (κ3) is 4.63. The monoisotopic (exact) mass is 218 g/mol. The second-order valence-electron chi connectivity index (χ2n) is 4.31. The fourth-order valence-electron chi connectivity index (χ4n) is 1.72. The number of benzene rings is 1. The molecular weight excluding hydrogens is 196 g/mol. The predicted octanol–water partition coefficient (Wildman–Crippen LogP) is 4.03. The molecule has 1 heteroatoms. The van der Waals surface area contributed by atoms with Crippen LogP contribution in [0.25, 0.3) is 6.08 Å². The summed E-state index contributed by atoms with van der Waals surface area (Å²) in [5.41, 5.74) is 2.22. The molecule has 0 aliphatic heterocycles. The van der Waals surface area contributed by atoms with Crippen LogP contribution in [0.2, 0.25) is 0 Å². The van der Waals surface area contributed by atoms with Gasteiger partial charge in [-0.3, -0.25) is 0 Å². The maximum absolute atomic E-state index is 9.94. The normalized spacial score (nSPS) is 13.8. The van der Waals surface area contributed by atoms with Crippen LogP contribution in [0.1, 0.15) is 45.1 Å². The minimum Gasteiger partial charge on any atom is -0.389 e. The van der Waals surface area contributed by atoms with Crippen LogP contribution in [-0.4, -0.2) is 11.2 Å². The highest BCUT2D eigenvalue weighted by atomic mass is 16.3. The Balaban J connectivity index is 2.49. The van der Waals surface area contributed by atoms with Gasteiger partial charge in [-0.25, -0.2) is 0 Å². The number of rotatable bonds is 6. The molecule has 1 rings (SSSR count). The van der Waals surface area contributed by atoms with E-state index in [1.54, 1.807) is 0 Å². The smallest absolute Gasteiger partial charge is 0.0750 e. The number of unbranched alkanes of at least 4 members (excludes halogenated alkanes) is 2. The van der Waals surface area contributed by atoms with Gasteiger partial charge in [0, 0.05) is 0 Å². The molecule has 0 saturated carbocycles. The number of hydrogen-bond acceptors (Lipinski definition) is 1. The molecule has 0 fully saturated rings. The number of aliphatic hydroxyl groups is 1. The summed E-state index contributed by atoms with van der Waals surface area (Å²) >= 11 is 0. The molecule has 1 unspecified atom stereocenters. The summed E-state index contributed by atoms with van der Waals surface area (Å²) in [5.74, 6) is 0. The van der Waals surface area contributed by atoms with Crippen LogP contribution < -0.4 is 0 Å². The first-order valence-electron chi connectivity index (χ1n) is 6.15. The van der Waals surface area contributed by atoms with Crippen LogP contribution in [0.5, 0.6) is 0 Å². The van der Waals surface area contributed by atoms with Gasteiger partial charge in [0.15, 0.2) is 0 Å². The van der Waals surface area contributed by atoms with Crippen molar-refractivity contribution in [3.8, 4) is 0 Å². The van der Waals surface area contributed by atoms with Crippen molar-refractivity contribution in [3.05, 3.63) is 41.5 Å². The van der Waals surface area contributed by atoms with Crippen LogP contribution in [0, 0.1) is 0 Å². The van der Waals surface area contributed by atoms with E-state index in [9.17, 15) is 5.11 Å². The van der Waals surface area contributed by atoms with Crippen molar-refractivity contribution < 1.29 is 5.11 Å². The van der Waals surface area contributed by atoms with Crippen LogP contribution in [0.4, 0.5) is 0 Å². The highest BCUT2D eigenvalue weighted by Gasteiger charge is 2.05. The fraction of sp³-hybridized carbons (Fsp3) is 0.467. The topological polar surface area (TPSA) is 20.2 Å². The SMILES string of the molecule is CCCCCC(O)/C(C)=C/c1ccccc1. The van der Waals surface area contributed by atoms with Gasteiger partial charge in [0.25, 0.3) is 0 Å². The van der Waals surface area contributed by atoms with Crippen LogP contribution in [0.3, 0.4) is 0 Å². The lowest BCUT2D eigenvalue weighted by Gasteiger charge is -2.10. The number of aliphatic hydroxyl groups excluding tert-OH is 1. The summed E-state index contributed by atoms with van der Waals surface area (Å²) in [6.07, 6.45) is 6.17. The van der Waals surface area contributed by atoms with E-state index in [1.807, 2.05) is 25.1 Å². The molecule has 0 heterocycles. The fourth-order valence-corrected chi connectivity index (χ4v) is 1.72. The van der Waals surface area contributed by atoms with Crippen molar-refractivity contribution in [1.82, 2.24) is 0 Å². The van der Waals surface area contributed by atoms with E-state index >= 15 is 0 Å². The second-order valence-corrected chi connectivity index (χ2v) is 4.31. The molecule has 1 nitrogen and oxygen atoms in total. The van der Waals surface area contributed by atoms with Gasteiger partial charge in [-0.2, -0.15) is 0 Å². The highest BCUT2D eigenvalue weighted by molar-refractivity contribution is 5.52. The van der Waals surface area contributed by atoms with E-state index in [4.69, 9.17) is 0 Å². The van der Waals surface area contributed by atoms with Gasteiger partial charge in [-0.05, 0) is 24.5 Å².